The fourth-order valence-electron chi connectivity index (χ4n) is 3.09. The van der Waals surface area contributed by atoms with Crippen LogP contribution in [0.25, 0.3) is 0 Å². The zero-order valence-electron chi connectivity index (χ0n) is 15.6. The maximum atomic E-state index is 12.2. The molecule has 0 radical (unpaired) electrons. The van der Waals surface area contributed by atoms with E-state index in [1.54, 1.807) is 0 Å². The number of hydrogen-bond donors (Lipinski definition) is 1. The van der Waals surface area contributed by atoms with E-state index in [0.717, 1.165) is 48.5 Å². The summed E-state index contributed by atoms with van der Waals surface area (Å²) in [6.45, 7) is 7.00. The van der Waals surface area contributed by atoms with E-state index in [1.165, 1.54) is 5.56 Å². The Morgan fingerprint density at radius 3 is 2.30 bits per heavy atom. The second-order valence-corrected chi connectivity index (χ2v) is 7.69. The molecule has 2 aromatic carbocycles. The lowest BCUT2D eigenvalue weighted by atomic mass is 10.1. The Bertz CT molecular complexity index is 769. The van der Waals surface area contributed by atoms with Gasteiger partial charge in [0.25, 0.3) is 5.91 Å². The molecular formula is C21H25BrN4O. The lowest BCUT2D eigenvalue weighted by Gasteiger charge is -2.34. The summed E-state index contributed by atoms with van der Waals surface area (Å²) < 4.78 is 1.02. The molecule has 27 heavy (non-hydrogen) atoms. The van der Waals surface area contributed by atoms with Crippen molar-refractivity contribution in [3.05, 3.63) is 70.2 Å². The monoisotopic (exact) mass is 428 g/mol. The van der Waals surface area contributed by atoms with Crippen molar-refractivity contribution in [2.24, 2.45) is 5.10 Å². The Balaban J connectivity index is 1.41. The Labute approximate surface area is 169 Å². The Kier molecular flexibility index (Phi) is 7.15. The highest BCUT2D eigenvalue weighted by atomic mass is 79.9. The average molecular weight is 429 g/mol. The lowest BCUT2D eigenvalue weighted by Crippen LogP contribution is -2.48. The quantitative estimate of drug-likeness (QED) is 0.567. The second-order valence-electron chi connectivity index (χ2n) is 6.78. The van der Waals surface area contributed by atoms with E-state index in [-0.39, 0.29) is 5.91 Å². The highest BCUT2D eigenvalue weighted by molar-refractivity contribution is 9.10. The number of amides is 1. The number of piperazine rings is 1. The first-order valence-corrected chi connectivity index (χ1v) is 9.97. The zero-order chi connectivity index (χ0) is 19.1. The fourth-order valence-corrected chi connectivity index (χ4v) is 3.35. The Hall–Kier alpha value is -2.02. The van der Waals surface area contributed by atoms with Gasteiger partial charge in [-0.25, -0.2) is 5.43 Å². The molecule has 1 aliphatic rings. The van der Waals surface area contributed by atoms with Gasteiger partial charge in [0.1, 0.15) is 0 Å². The number of carbonyl (C=O) groups excluding carboxylic acids is 1. The van der Waals surface area contributed by atoms with Crippen molar-refractivity contribution < 1.29 is 4.79 Å². The van der Waals surface area contributed by atoms with E-state index >= 15 is 0 Å². The van der Waals surface area contributed by atoms with Crippen molar-refractivity contribution in [1.82, 2.24) is 15.2 Å². The number of rotatable bonds is 6. The van der Waals surface area contributed by atoms with Crippen LogP contribution in [0, 0.1) is 0 Å². The van der Waals surface area contributed by atoms with Crippen molar-refractivity contribution in [3.8, 4) is 0 Å². The number of nitrogens with zero attached hydrogens (tertiary/aromatic N) is 3. The summed E-state index contributed by atoms with van der Waals surface area (Å²) in [5.74, 6) is -0.0667. The summed E-state index contributed by atoms with van der Waals surface area (Å²) in [5.41, 5.74) is 5.80. The summed E-state index contributed by atoms with van der Waals surface area (Å²) in [7, 11) is 0. The van der Waals surface area contributed by atoms with Gasteiger partial charge in [0.05, 0.1) is 12.3 Å². The Morgan fingerprint density at radius 2 is 1.63 bits per heavy atom. The van der Waals surface area contributed by atoms with Crippen LogP contribution in [0.2, 0.25) is 0 Å². The van der Waals surface area contributed by atoms with Crippen LogP contribution in [-0.2, 0) is 11.3 Å². The van der Waals surface area contributed by atoms with Gasteiger partial charge in [0, 0.05) is 37.2 Å². The molecule has 1 N–H and O–H groups in total. The molecule has 0 unspecified atom stereocenters. The van der Waals surface area contributed by atoms with Gasteiger partial charge in [-0.15, -0.1) is 0 Å². The third-order valence-corrected chi connectivity index (χ3v) is 5.22. The molecule has 3 rings (SSSR count). The maximum Gasteiger partial charge on any atom is 0.254 e. The molecule has 0 aromatic heterocycles. The van der Waals surface area contributed by atoms with E-state index in [4.69, 9.17) is 0 Å². The zero-order valence-corrected chi connectivity index (χ0v) is 17.2. The van der Waals surface area contributed by atoms with E-state index in [2.05, 4.69) is 60.5 Å². The summed E-state index contributed by atoms with van der Waals surface area (Å²) >= 11 is 3.42. The number of nitrogens with one attached hydrogen (secondary N) is 1. The third-order valence-electron chi connectivity index (χ3n) is 4.69. The van der Waals surface area contributed by atoms with Crippen LogP contribution < -0.4 is 5.43 Å². The molecule has 2 aromatic rings. The minimum Gasteiger partial charge on any atom is -0.297 e. The first-order chi connectivity index (χ1) is 13.1. The Morgan fingerprint density at radius 1 is 1.00 bits per heavy atom. The first-order valence-electron chi connectivity index (χ1n) is 9.18. The predicted molar refractivity (Wildman–Crippen MR) is 113 cm³/mol. The van der Waals surface area contributed by atoms with Gasteiger partial charge >= 0.3 is 0 Å². The summed E-state index contributed by atoms with van der Waals surface area (Å²) in [5, 5.41) is 4.22. The number of hydrogen-bond acceptors (Lipinski definition) is 4. The van der Waals surface area contributed by atoms with Gasteiger partial charge in [-0.1, -0.05) is 58.4 Å². The van der Waals surface area contributed by atoms with Crippen LogP contribution in [0.5, 0.6) is 0 Å². The molecule has 0 spiro atoms. The summed E-state index contributed by atoms with van der Waals surface area (Å²) in [6, 6.07) is 18.4. The average Bonchev–Trinajstić information content (AvgIpc) is 2.69. The van der Waals surface area contributed by atoms with E-state index in [9.17, 15) is 4.79 Å². The molecule has 142 valence electrons. The highest BCUT2D eigenvalue weighted by Gasteiger charge is 2.18. The lowest BCUT2D eigenvalue weighted by molar-refractivity contribution is -0.122. The standard InChI is InChI=1S/C21H25BrN4O/c1-17(19-7-9-20(22)10-8-19)23-24-21(27)16-26-13-11-25(12-14-26)15-18-5-3-2-4-6-18/h2-10H,11-16H2,1H3,(H,24,27)/b23-17+. The van der Waals surface area contributed by atoms with Crippen molar-refractivity contribution in [1.29, 1.82) is 0 Å². The normalized spacial score (nSPS) is 16.3. The molecule has 1 fully saturated rings. The summed E-state index contributed by atoms with van der Waals surface area (Å²) in [6.07, 6.45) is 0. The summed E-state index contributed by atoms with van der Waals surface area (Å²) in [4.78, 5) is 16.8. The van der Waals surface area contributed by atoms with Gasteiger partial charge in [-0.3, -0.25) is 14.6 Å². The highest BCUT2D eigenvalue weighted by Crippen LogP contribution is 2.11. The van der Waals surface area contributed by atoms with Crippen LogP contribution in [0.15, 0.2) is 64.2 Å². The van der Waals surface area contributed by atoms with Crippen LogP contribution >= 0.6 is 15.9 Å². The van der Waals surface area contributed by atoms with Gasteiger partial charge in [0.15, 0.2) is 0 Å². The molecule has 1 heterocycles. The van der Waals surface area contributed by atoms with E-state index < -0.39 is 0 Å². The SMILES string of the molecule is C/C(=N\NC(=O)CN1CCN(Cc2ccccc2)CC1)c1ccc(Br)cc1. The largest absolute Gasteiger partial charge is 0.297 e. The van der Waals surface area contributed by atoms with E-state index in [0.29, 0.717) is 6.54 Å². The molecule has 5 nitrogen and oxygen atoms in total. The van der Waals surface area contributed by atoms with Gasteiger partial charge in [-0.05, 0) is 30.2 Å². The predicted octanol–water partition coefficient (Wildman–Crippen LogP) is 3.11. The van der Waals surface area contributed by atoms with Crippen LogP contribution in [-0.4, -0.2) is 54.1 Å². The molecule has 0 bridgehead atoms. The second kappa shape index (κ2) is 9.78. The minimum absolute atomic E-state index is 0.0667. The van der Waals surface area contributed by atoms with Crippen molar-refractivity contribution >= 4 is 27.5 Å². The molecule has 1 aliphatic heterocycles. The fraction of sp³-hybridized carbons (Fsp3) is 0.333. The first kappa shape index (κ1) is 19.7. The van der Waals surface area contributed by atoms with Crippen molar-refractivity contribution in [2.45, 2.75) is 13.5 Å². The molecule has 6 heteroatoms. The van der Waals surface area contributed by atoms with Crippen molar-refractivity contribution in [2.75, 3.05) is 32.7 Å². The van der Waals surface area contributed by atoms with Crippen molar-refractivity contribution in [3.63, 3.8) is 0 Å². The van der Waals surface area contributed by atoms with Crippen LogP contribution in [0.1, 0.15) is 18.1 Å². The minimum atomic E-state index is -0.0667. The third kappa shape index (κ3) is 6.27. The number of hydrazone groups is 1. The topological polar surface area (TPSA) is 47.9 Å². The molecule has 0 atom stereocenters. The van der Waals surface area contributed by atoms with E-state index in [1.807, 2.05) is 37.3 Å². The molecule has 1 amide bonds. The number of halogens is 1. The molecular weight excluding hydrogens is 404 g/mol. The number of benzene rings is 2. The van der Waals surface area contributed by atoms with Gasteiger partial charge in [-0.2, -0.15) is 5.10 Å². The molecule has 0 aliphatic carbocycles. The van der Waals surface area contributed by atoms with Gasteiger partial charge in [0.2, 0.25) is 0 Å². The van der Waals surface area contributed by atoms with Gasteiger partial charge < -0.3 is 0 Å². The van der Waals surface area contributed by atoms with Crippen LogP contribution in [0.4, 0.5) is 0 Å². The van der Waals surface area contributed by atoms with Crippen LogP contribution in [0.3, 0.4) is 0 Å². The molecule has 0 saturated carbocycles. The molecule has 1 saturated heterocycles. The smallest absolute Gasteiger partial charge is 0.254 e. The number of carbonyl (C=O) groups is 1. The maximum absolute atomic E-state index is 12.2.